The van der Waals surface area contributed by atoms with E-state index in [-0.39, 0.29) is 11.2 Å². The van der Waals surface area contributed by atoms with E-state index in [0.717, 1.165) is 4.47 Å². The molecular formula is C17H16BrClO. The van der Waals surface area contributed by atoms with Gasteiger partial charge < -0.3 is 0 Å². The van der Waals surface area contributed by atoms with Gasteiger partial charge in [-0.05, 0) is 39.0 Å². The molecule has 0 saturated carbocycles. The Morgan fingerprint density at radius 3 is 2.20 bits per heavy atom. The second kappa shape index (κ2) is 5.71. The van der Waals surface area contributed by atoms with Crippen molar-refractivity contribution >= 4 is 33.3 Å². The van der Waals surface area contributed by atoms with Crippen LogP contribution in [0, 0.1) is 0 Å². The summed E-state index contributed by atoms with van der Waals surface area (Å²) in [6, 6.07) is 13.1. The van der Waals surface area contributed by atoms with Crippen LogP contribution in [0.5, 0.6) is 0 Å². The molecule has 0 N–H and O–H groups in total. The lowest BCUT2D eigenvalue weighted by molar-refractivity contribution is 0.103. The van der Waals surface area contributed by atoms with Crippen LogP contribution in [0.3, 0.4) is 0 Å². The normalized spacial score (nSPS) is 11.4. The van der Waals surface area contributed by atoms with E-state index in [2.05, 4.69) is 36.7 Å². The maximum Gasteiger partial charge on any atom is 0.194 e. The Morgan fingerprint density at radius 2 is 1.65 bits per heavy atom. The highest BCUT2D eigenvalue weighted by atomic mass is 79.9. The Morgan fingerprint density at radius 1 is 1.05 bits per heavy atom. The molecule has 2 rings (SSSR count). The average Bonchev–Trinajstić information content (AvgIpc) is 2.40. The standard InChI is InChI=1S/C17H16BrClO/c1-17(2,3)12-9-7-11(8-10-12)16(20)13-5-4-6-14(18)15(13)19/h4-10H,1-3H3. The minimum atomic E-state index is -0.0586. The molecule has 0 spiro atoms. The van der Waals surface area contributed by atoms with Crippen molar-refractivity contribution in [3.05, 3.63) is 68.7 Å². The Kier molecular flexibility index (Phi) is 4.36. The zero-order valence-corrected chi connectivity index (χ0v) is 14.0. The van der Waals surface area contributed by atoms with Gasteiger partial charge in [-0.1, -0.05) is 62.7 Å². The van der Waals surface area contributed by atoms with Gasteiger partial charge in [-0.15, -0.1) is 0 Å². The Hall–Kier alpha value is -1.12. The van der Waals surface area contributed by atoms with Crippen LogP contribution in [0.2, 0.25) is 5.02 Å². The average molecular weight is 352 g/mol. The van der Waals surface area contributed by atoms with Crippen molar-refractivity contribution in [3.8, 4) is 0 Å². The third-order valence-electron chi connectivity index (χ3n) is 3.21. The number of benzene rings is 2. The summed E-state index contributed by atoms with van der Waals surface area (Å²) in [5.74, 6) is -0.0586. The largest absolute Gasteiger partial charge is 0.289 e. The lowest BCUT2D eigenvalue weighted by Gasteiger charge is -2.19. The van der Waals surface area contributed by atoms with Crippen molar-refractivity contribution in [2.24, 2.45) is 0 Å². The third kappa shape index (κ3) is 3.13. The Balaban J connectivity index is 2.37. The number of halogens is 2. The van der Waals surface area contributed by atoms with E-state index in [4.69, 9.17) is 11.6 Å². The zero-order chi connectivity index (χ0) is 14.9. The van der Waals surface area contributed by atoms with E-state index in [1.54, 1.807) is 6.07 Å². The predicted molar refractivity (Wildman–Crippen MR) is 87.7 cm³/mol. The summed E-state index contributed by atoms with van der Waals surface area (Å²) >= 11 is 9.51. The van der Waals surface area contributed by atoms with Gasteiger partial charge in [0.05, 0.1) is 5.02 Å². The molecule has 0 aliphatic rings. The summed E-state index contributed by atoms with van der Waals surface area (Å²) < 4.78 is 0.733. The second-order valence-electron chi connectivity index (χ2n) is 5.76. The summed E-state index contributed by atoms with van der Waals surface area (Å²) in [6.07, 6.45) is 0. The van der Waals surface area contributed by atoms with E-state index in [0.29, 0.717) is 16.1 Å². The smallest absolute Gasteiger partial charge is 0.194 e. The van der Waals surface area contributed by atoms with Crippen LogP contribution >= 0.6 is 27.5 Å². The molecule has 2 aromatic carbocycles. The molecule has 2 aromatic rings. The topological polar surface area (TPSA) is 17.1 Å². The van der Waals surface area contributed by atoms with Gasteiger partial charge in [0.2, 0.25) is 0 Å². The van der Waals surface area contributed by atoms with Gasteiger partial charge >= 0.3 is 0 Å². The first-order chi connectivity index (χ1) is 9.30. The van der Waals surface area contributed by atoms with Crippen LogP contribution in [0.1, 0.15) is 42.3 Å². The molecule has 0 radical (unpaired) electrons. The molecule has 20 heavy (non-hydrogen) atoms. The molecule has 0 aliphatic heterocycles. The van der Waals surface area contributed by atoms with Gasteiger partial charge in [0.15, 0.2) is 5.78 Å². The van der Waals surface area contributed by atoms with Gasteiger partial charge in [-0.3, -0.25) is 4.79 Å². The maximum atomic E-state index is 12.5. The first-order valence-electron chi connectivity index (χ1n) is 6.40. The first-order valence-corrected chi connectivity index (χ1v) is 7.57. The van der Waals surface area contributed by atoms with Crippen molar-refractivity contribution in [2.45, 2.75) is 26.2 Å². The van der Waals surface area contributed by atoms with Crippen molar-refractivity contribution in [2.75, 3.05) is 0 Å². The highest BCUT2D eigenvalue weighted by molar-refractivity contribution is 9.10. The van der Waals surface area contributed by atoms with E-state index in [1.807, 2.05) is 36.4 Å². The molecule has 0 amide bonds. The van der Waals surface area contributed by atoms with E-state index >= 15 is 0 Å². The van der Waals surface area contributed by atoms with E-state index in [9.17, 15) is 4.79 Å². The Bertz CT molecular complexity index is 639. The molecule has 0 unspecified atom stereocenters. The number of ketones is 1. The van der Waals surface area contributed by atoms with Crippen LogP contribution in [0.15, 0.2) is 46.9 Å². The minimum Gasteiger partial charge on any atom is -0.289 e. The van der Waals surface area contributed by atoms with Crippen LogP contribution in [0.4, 0.5) is 0 Å². The minimum absolute atomic E-state index is 0.0586. The van der Waals surface area contributed by atoms with E-state index < -0.39 is 0 Å². The summed E-state index contributed by atoms with van der Waals surface area (Å²) in [4.78, 5) is 12.5. The van der Waals surface area contributed by atoms with Crippen LogP contribution in [0.25, 0.3) is 0 Å². The van der Waals surface area contributed by atoms with Crippen molar-refractivity contribution in [1.82, 2.24) is 0 Å². The van der Waals surface area contributed by atoms with Crippen LogP contribution in [-0.2, 0) is 5.41 Å². The molecule has 104 valence electrons. The zero-order valence-electron chi connectivity index (χ0n) is 11.7. The molecule has 0 saturated heterocycles. The summed E-state index contributed by atoms with van der Waals surface area (Å²) in [5.41, 5.74) is 2.45. The van der Waals surface area contributed by atoms with Crippen molar-refractivity contribution < 1.29 is 4.79 Å². The summed E-state index contributed by atoms with van der Waals surface area (Å²) in [5, 5.41) is 0.456. The van der Waals surface area contributed by atoms with Gasteiger partial charge in [-0.2, -0.15) is 0 Å². The highest BCUT2D eigenvalue weighted by Crippen LogP contribution is 2.28. The van der Waals surface area contributed by atoms with Gasteiger partial charge in [0, 0.05) is 15.6 Å². The molecule has 1 nitrogen and oxygen atoms in total. The third-order valence-corrected chi connectivity index (χ3v) is 4.51. The molecule has 0 heterocycles. The fourth-order valence-corrected chi connectivity index (χ4v) is 2.53. The quantitative estimate of drug-likeness (QED) is 0.641. The van der Waals surface area contributed by atoms with Gasteiger partial charge in [-0.25, -0.2) is 0 Å². The molecule has 0 aromatic heterocycles. The maximum absolute atomic E-state index is 12.5. The van der Waals surface area contributed by atoms with Crippen molar-refractivity contribution in [3.63, 3.8) is 0 Å². The van der Waals surface area contributed by atoms with E-state index in [1.165, 1.54) is 5.56 Å². The lowest BCUT2D eigenvalue weighted by atomic mass is 9.86. The van der Waals surface area contributed by atoms with Gasteiger partial charge in [0.1, 0.15) is 0 Å². The summed E-state index contributed by atoms with van der Waals surface area (Å²) in [6.45, 7) is 6.44. The molecule has 0 fully saturated rings. The number of rotatable bonds is 2. The lowest BCUT2D eigenvalue weighted by Crippen LogP contribution is -2.11. The Labute approximate surface area is 133 Å². The SMILES string of the molecule is CC(C)(C)c1ccc(C(=O)c2cccc(Br)c2Cl)cc1. The number of hydrogen-bond donors (Lipinski definition) is 0. The fraction of sp³-hybridized carbons (Fsp3) is 0.235. The first kappa shape index (κ1) is 15.3. The van der Waals surface area contributed by atoms with Gasteiger partial charge in [0.25, 0.3) is 0 Å². The van der Waals surface area contributed by atoms with Crippen LogP contribution < -0.4 is 0 Å². The van der Waals surface area contributed by atoms with Crippen LogP contribution in [-0.4, -0.2) is 5.78 Å². The molecule has 3 heteroatoms. The highest BCUT2D eigenvalue weighted by Gasteiger charge is 2.17. The summed E-state index contributed by atoms with van der Waals surface area (Å²) in [7, 11) is 0. The second-order valence-corrected chi connectivity index (χ2v) is 6.99. The fourth-order valence-electron chi connectivity index (χ4n) is 1.96. The van der Waals surface area contributed by atoms with Crippen molar-refractivity contribution in [1.29, 1.82) is 0 Å². The number of hydrogen-bond acceptors (Lipinski definition) is 1. The molecule has 0 bridgehead atoms. The number of carbonyl (C=O) groups excluding carboxylic acids is 1. The molecule has 0 atom stereocenters. The number of carbonyl (C=O) groups is 1. The molecular weight excluding hydrogens is 336 g/mol. The molecule has 0 aliphatic carbocycles. The monoisotopic (exact) mass is 350 g/mol. The predicted octanol–water partition coefficient (Wildman–Crippen LogP) is 5.63.